The zero-order valence-corrected chi connectivity index (χ0v) is 17.7. The van der Waals surface area contributed by atoms with Crippen LogP contribution in [0, 0.1) is 5.92 Å². The van der Waals surface area contributed by atoms with Crippen LogP contribution in [0.25, 0.3) is 0 Å². The topological polar surface area (TPSA) is 58.6 Å². The molecule has 0 saturated carbocycles. The van der Waals surface area contributed by atoms with Gasteiger partial charge in [0.25, 0.3) is 0 Å². The largest absolute Gasteiger partial charge is 0.443 e. The Morgan fingerprint density at radius 3 is 2.34 bits per heavy atom. The summed E-state index contributed by atoms with van der Waals surface area (Å²) in [4.78, 5) is 26.7. The van der Waals surface area contributed by atoms with Gasteiger partial charge in [0.1, 0.15) is 5.60 Å². The lowest BCUT2D eigenvalue weighted by Crippen LogP contribution is -2.36. The molecule has 0 radical (unpaired) electrons. The van der Waals surface area contributed by atoms with Crippen LogP contribution in [-0.2, 0) is 22.4 Å². The molecule has 0 heterocycles. The van der Waals surface area contributed by atoms with Crippen molar-refractivity contribution in [2.75, 3.05) is 16.8 Å². The van der Waals surface area contributed by atoms with E-state index in [1.807, 2.05) is 58.0 Å². The van der Waals surface area contributed by atoms with E-state index >= 15 is 0 Å². The van der Waals surface area contributed by atoms with Crippen LogP contribution < -0.4 is 10.2 Å². The highest BCUT2D eigenvalue weighted by molar-refractivity contribution is 5.93. The summed E-state index contributed by atoms with van der Waals surface area (Å²) < 4.78 is 5.47. The van der Waals surface area contributed by atoms with Gasteiger partial charge < -0.3 is 10.1 Å². The molecule has 0 saturated heterocycles. The minimum absolute atomic E-state index is 0.0153. The first kappa shape index (κ1) is 20.9. The minimum Gasteiger partial charge on any atom is -0.443 e. The van der Waals surface area contributed by atoms with Crippen molar-refractivity contribution in [3.05, 3.63) is 59.7 Å². The van der Waals surface area contributed by atoms with Crippen LogP contribution in [0.4, 0.5) is 16.2 Å². The molecule has 1 N–H and O–H groups in total. The van der Waals surface area contributed by atoms with Crippen LogP contribution in [0.5, 0.6) is 0 Å². The Morgan fingerprint density at radius 2 is 1.72 bits per heavy atom. The van der Waals surface area contributed by atoms with Crippen molar-refractivity contribution in [3.63, 3.8) is 0 Å². The molecular formula is C24H30N2O3. The number of nitrogens with one attached hydrogen (secondary N) is 1. The molecule has 2 aromatic carbocycles. The number of hydrogen-bond acceptors (Lipinski definition) is 3. The number of benzene rings is 2. The van der Waals surface area contributed by atoms with Gasteiger partial charge in [0.05, 0.1) is 0 Å². The fourth-order valence-corrected chi connectivity index (χ4v) is 3.62. The number of rotatable bonds is 4. The number of amides is 2. The Morgan fingerprint density at radius 1 is 1.07 bits per heavy atom. The van der Waals surface area contributed by atoms with E-state index in [1.54, 1.807) is 4.90 Å². The number of aryl methyl sites for hydroxylation is 1. The van der Waals surface area contributed by atoms with Crippen molar-refractivity contribution in [2.24, 2.45) is 5.92 Å². The highest BCUT2D eigenvalue weighted by atomic mass is 16.6. The van der Waals surface area contributed by atoms with Gasteiger partial charge in [-0.1, -0.05) is 24.3 Å². The molecule has 5 heteroatoms. The Bertz CT molecular complexity index is 868. The number of ether oxygens (including phenoxy) is 1. The molecule has 2 aromatic rings. The van der Waals surface area contributed by atoms with Gasteiger partial charge in [0.15, 0.2) is 0 Å². The van der Waals surface area contributed by atoms with Crippen LogP contribution in [-0.4, -0.2) is 24.1 Å². The maximum absolute atomic E-state index is 12.7. The van der Waals surface area contributed by atoms with Crippen molar-refractivity contribution >= 4 is 23.4 Å². The molecule has 5 nitrogen and oxygen atoms in total. The van der Waals surface area contributed by atoms with Crippen LogP contribution in [0.15, 0.2) is 48.5 Å². The summed E-state index contributed by atoms with van der Waals surface area (Å²) in [5, 5.41) is 3.02. The third-order valence-corrected chi connectivity index (χ3v) is 5.09. The standard InChI is InChI=1S/C24H30N2O3/c1-5-26(23(28)29-24(2,3)4)21-14-12-20(13-15-21)25-22(27)19-11-10-17-8-6-7-9-18(17)16-19/h6-9,12-15,19H,5,10-11,16H2,1-4H3,(H,25,27). The fraction of sp³-hybridized carbons (Fsp3) is 0.417. The quantitative estimate of drug-likeness (QED) is 0.776. The summed E-state index contributed by atoms with van der Waals surface area (Å²) in [6.45, 7) is 7.95. The average Bonchev–Trinajstić information content (AvgIpc) is 2.68. The first-order valence-electron chi connectivity index (χ1n) is 10.2. The lowest BCUT2D eigenvalue weighted by Gasteiger charge is -2.27. The lowest BCUT2D eigenvalue weighted by molar-refractivity contribution is -0.120. The summed E-state index contributed by atoms with van der Waals surface area (Å²) >= 11 is 0. The third-order valence-electron chi connectivity index (χ3n) is 5.09. The highest BCUT2D eigenvalue weighted by Gasteiger charge is 2.25. The van der Waals surface area contributed by atoms with Crippen LogP contribution in [0.2, 0.25) is 0 Å². The molecule has 154 valence electrons. The summed E-state index contributed by atoms with van der Waals surface area (Å²) in [5.41, 5.74) is 3.55. The van der Waals surface area contributed by atoms with Gasteiger partial charge in [-0.25, -0.2) is 4.79 Å². The maximum Gasteiger partial charge on any atom is 0.414 e. The van der Waals surface area contributed by atoms with E-state index < -0.39 is 5.60 Å². The normalized spacial score (nSPS) is 15.9. The number of hydrogen-bond donors (Lipinski definition) is 1. The monoisotopic (exact) mass is 394 g/mol. The summed E-state index contributed by atoms with van der Waals surface area (Å²) in [7, 11) is 0. The van der Waals surface area contributed by atoms with E-state index in [2.05, 4.69) is 23.5 Å². The predicted octanol–water partition coefficient (Wildman–Crippen LogP) is 5.19. The molecule has 3 rings (SSSR count). The van der Waals surface area contributed by atoms with Crippen LogP contribution >= 0.6 is 0 Å². The van der Waals surface area contributed by atoms with Gasteiger partial charge in [-0.2, -0.15) is 0 Å². The zero-order chi connectivity index (χ0) is 21.0. The molecule has 0 bridgehead atoms. The molecule has 1 unspecified atom stereocenters. The zero-order valence-electron chi connectivity index (χ0n) is 17.7. The van der Waals surface area contributed by atoms with Crippen molar-refractivity contribution in [3.8, 4) is 0 Å². The van der Waals surface area contributed by atoms with Gasteiger partial charge in [-0.3, -0.25) is 9.69 Å². The molecule has 1 aliphatic carbocycles. The highest BCUT2D eigenvalue weighted by Crippen LogP contribution is 2.27. The van der Waals surface area contributed by atoms with E-state index in [0.717, 1.165) is 30.6 Å². The van der Waals surface area contributed by atoms with E-state index in [0.29, 0.717) is 6.54 Å². The van der Waals surface area contributed by atoms with E-state index in [4.69, 9.17) is 4.74 Å². The summed E-state index contributed by atoms with van der Waals surface area (Å²) in [6.07, 6.45) is 2.21. The fourth-order valence-electron chi connectivity index (χ4n) is 3.62. The molecule has 1 atom stereocenters. The first-order valence-corrected chi connectivity index (χ1v) is 10.2. The maximum atomic E-state index is 12.7. The van der Waals surface area contributed by atoms with Crippen molar-refractivity contribution in [1.82, 2.24) is 0 Å². The number of fused-ring (bicyclic) bond motifs is 1. The lowest BCUT2D eigenvalue weighted by atomic mass is 9.83. The van der Waals surface area contributed by atoms with Gasteiger partial charge in [0, 0.05) is 23.8 Å². The van der Waals surface area contributed by atoms with Gasteiger partial charge in [-0.05, 0) is 82.3 Å². The number of carbonyl (C=O) groups is 2. The van der Waals surface area contributed by atoms with Crippen LogP contribution in [0.3, 0.4) is 0 Å². The summed E-state index contributed by atoms with van der Waals surface area (Å²) in [5.74, 6) is 0.0326. The Balaban J connectivity index is 1.63. The average molecular weight is 395 g/mol. The Hall–Kier alpha value is -2.82. The third kappa shape index (κ3) is 5.37. The summed E-state index contributed by atoms with van der Waals surface area (Å²) in [6, 6.07) is 15.7. The minimum atomic E-state index is -0.545. The smallest absolute Gasteiger partial charge is 0.414 e. The van der Waals surface area contributed by atoms with Crippen LogP contribution in [0.1, 0.15) is 45.2 Å². The van der Waals surface area contributed by atoms with Gasteiger partial charge >= 0.3 is 6.09 Å². The van der Waals surface area contributed by atoms with Gasteiger partial charge in [0.2, 0.25) is 5.91 Å². The Kier molecular flexibility index (Phi) is 6.26. The molecule has 0 aromatic heterocycles. The molecule has 0 spiro atoms. The number of nitrogens with zero attached hydrogens (tertiary/aromatic N) is 1. The van der Waals surface area contributed by atoms with Crippen molar-refractivity contribution in [1.29, 1.82) is 0 Å². The molecule has 0 aliphatic heterocycles. The number of carbonyl (C=O) groups excluding carboxylic acids is 2. The van der Waals surface area contributed by atoms with Gasteiger partial charge in [-0.15, -0.1) is 0 Å². The van der Waals surface area contributed by atoms with Crippen molar-refractivity contribution in [2.45, 2.75) is 52.6 Å². The van der Waals surface area contributed by atoms with E-state index in [1.165, 1.54) is 11.1 Å². The van der Waals surface area contributed by atoms with Crippen molar-refractivity contribution < 1.29 is 14.3 Å². The molecule has 2 amide bonds. The number of anilines is 2. The first-order chi connectivity index (χ1) is 13.8. The predicted molar refractivity (Wildman–Crippen MR) is 116 cm³/mol. The second-order valence-electron chi connectivity index (χ2n) is 8.47. The molecular weight excluding hydrogens is 364 g/mol. The second-order valence-corrected chi connectivity index (χ2v) is 8.47. The second kappa shape index (κ2) is 8.68. The van der Waals surface area contributed by atoms with E-state index in [9.17, 15) is 9.59 Å². The van der Waals surface area contributed by atoms with E-state index in [-0.39, 0.29) is 17.9 Å². The molecule has 29 heavy (non-hydrogen) atoms. The SMILES string of the molecule is CCN(C(=O)OC(C)(C)C)c1ccc(NC(=O)C2CCc3ccccc3C2)cc1. The Labute approximate surface area is 173 Å². The molecule has 1 aliphatic rings. The molecule has 0 fully saturated rings.